The summed E-state index contributed by atoms with van der Waals surface area (Å²) in [6.07, 6.45) is 0. The Hall–Kier alpha value is -1.85. The molecule has 4 nitrogen and oxygen atoms in total. The second-order valence-electron chi connectivity index (χ2n) is 4.69. The van der Waals surface area contributed by atoms with Crippen LogP contribution in [0.15, 0.2) is 59.5 Å². The van der Waals surface area contributed by atoms with Gasteiger partial charge in [-0.2, -0.15) is 0 Å². The molecule has 0 aliphatic heterocycles. The Balaban J connectivity index is 2.35. The zero-order chi connectivity index (χ0) is 15.3. The SMILES string of the molecule is CCS(=O)(=O)c1ccccc1NC(CO)c1ccccc1. The maximum absolute atomic E-state index is 12.1. The van der Waals surface area contributed by atoms with Crippen molar-refractivity contribution in [2.45, 2.75) is 17.9 Å². The molecule has 5 heteroatoms. The molecule has 112 valence electrons. The van der Waals surface area contributed by atoms with E-state index < -0.39 is 9.84 Å². The van der Waals surface area contributed by atoms with Crippen LogP contribution in [0.2, 0.25) is 0 Å². The zero-order valence-electron chi connectivity index (χ0n) is 11.9. The molecule has 0 aromatic heterocycles. The van der Waals surface area contributed by atoms with Crippen molar-refractivity contribution < 1.29 is 13.5 Å². The van der Waals surface area contributed by atoms with Gasteiger partial charge in [0.15, 0.2) is 9.84 Å². The number of hydrogen-bond acceptors (Lipinski definition) is 4. The van der Waals surface area contributed by atoms with Gasteiger partial charge in [0.25, 0.3) is 0 Å². The fourth-order valence-electron chi connectivity index (χ4n) is 2.12. The first kappa shape index (κ1) is 15.5. The molecule has 0 saturated heterocycles. The van der Waals surface area contributed by atoms with Crippen LogP contribution in [0.5, 0.6) is 0 Å². The first-order valence-corrected chi connectivity index (χ1v) is 8.48. The largest absolute Gasteiger partial charge is 0.394 e. The maximum atomic E-state index is 12.1. The van der Waals surface area contributed by atoms with Gasteiger partial charge in [0.2, 0.25) is 0 Å². The summed E-state index contributed by atoms with van der Waals surface area (Å²) in [7, 11) is -3.31. The fraction of sp³-hybridized carbons (Fsp3) is 0.250. The molecular formula is C16H19NO3S. The Bertz CT molecular complexity index is 684. The van der Waals surface area contributed by atoms with Crippen LogP contribution in [0.25, 0.3) is 0 Å². The molecule has 0 aliphatic carbocycles. The number of para-hydroxylation sites is 1. The number of anilines is 1. The molecule has 1 unspecified atom stereocenters. The highest BCUT2D eigenvalue weighted by Gasteiger charge is 2.18. The fourth-order valence-corrected chi connectivity index (χ4v) is 3.18. The number of hydrogen-bond donors (Lipinski definition) is 2. The van der Waals surface area contributed by atoms with E-state index in [-0.39, 0.29) is 23.3 Å². The molecule has 2 aromatic rings. The molecule has 0 aliphatic rings. The minimum atomic E-state index is -3.31. The van der Waals surface area contributed by atoms with Crippen molar-refractivity contribution in [1.29, 1.82) is 0 Å². The van der Waals surface area contributed by atoms with Gasteiger partial charge in [-0.1, -0.05) is 49.4 Å². The Kier molecular flexibility index (Phi) is 4.98. The molecule has 2 rings (SSSR count). The van der Waals surface area contributed by atoms with E-state index in [1.165, 1.54) is 0 Å². The Morgan fingerprint density at radius 3 is 2.29 bits per heavy atom. The second-order valence-corrected chi connectivity index (χ2v) is 6.94. The summed E-state index contributed by atoms with van der Waals surface area (Å²) in [4.78, 5) is 0.266. The molecule has 0 amide bonds. The van der Waals surface area contributed by atoms with E-state index in [2.05, 4.69) is 5.32 Å². The van der Waals surface area contributed by atoms with Crippen molar-refractivity contribution in [1.82, 2.24) is 0 Å². The monoisotopic (exact) mass is 305 g/mol. The van der Waals surface area contributed by atoms with Crippen LogP contribution in [0.3, 0.4) is 0 Å². The van der Waals surface area contributed by atoms with Crippen molar-refractivity contribution in [2.24, 2.45) is 0 Å². The van der Waals surface area contributed by atoms with Crippen LogP contribution in [0.1, 0.15) is 18.5 Å². The second kappa shape index (κ2) is 6.74. The van der Waals surface area contributed by atoms with Crippen molar-refractivity contribution in [3.8, 4) is 0 Å². The van der Waals surface area contributed by atoms with E-state index in [9.17, 15) is 13.5 Å². The van der Waals surface area contributed by atoms with E-state index in [0.29, 0.717) is 5.69 Å². The number of benzene rings is 2. The Morgan fingerprint density at radius 1 is 1.05 bits per heavy atom. The molecule has 1 atom stereocenters. The lowest BCUT2D eigenvalue weighted by atomic mass is 10.1. The zero-order valence-corrected chi connectivity index (χ0v) is 12.7. The Morgan fingerprint density at radius 2 is 1.67 bits per heavy atom. The summed E-state index contributed by atoms with van der Waals surface area (Å²) in [6, 6.07) is 15.9. The third-order valence-corrected chi connectivity index (χ3v) is 5.10. The van der Waals surface area contributed by atoms with E-state index in [4.69, 9.17) is 0 Å². The van der Waals surface area contributed by atoms with Crippen LogP contribution >= 0.6 is 0 Å². The Labute approximate surface area is 125 Å². The number of aliphatic hydroxyl groups is 1. The van der Waals surface area contributed by atoms with E-state index in [1.54, 1.807) is 31.2 Å². The lowest BCUT2D eigenvalue weighted by Gasteiger charge is -2.20. The van der Waals surface area contributed by atoms with Crippen molar-refractivity contribution >= 4 is 15.5 Å². The van der Waals surface area contributed by atoms with Gasteiger partial charge in [-0.05, 0) is 17.7 Å². The minimum absolute atomic E-state index is 0.0425. The predicted octanol–water partition coefficient (Wildman–Crippen LogP) is 2.63. The number of nitrogens with one attached hydrogen (secondary N) is 1. The first-order valence-electron chi connectivity index (χ1n) is 6.82. The summed E-state index contributed by atoms with van der Waals surface area (Å²) >= 11 is 0. The number of sulfone groups is 1. The van der Waals surface area contributed by atoms with Gasteiger partial charge in [0.1, 0.15) is 0 Å². The molecule has 21 heavy (non-hydrogen) atoms. The maximum Gasteiger partial charge on any atom is 0.180 e. The van der Waals surface area contributed by atoms with Gasteiger partial charge in [-0.25, -0.2) is 8.42 Å². The van der Waals surface area contributed by atoms with Crippen LogP contribution < -0.4 is 5.32 Å². The van der Waals surface area contributed by atoms with Crippen molar-refractivity contribution in [3.05, 3.63) is 60.2 Å². The molecule has 0 spiro atoms. The topological polar surface area (TPSA) is 66.4 Å². The summed E-state index contributed by atoms with van der Waals surface area (Å²) in [5.41, 5.74) is 1.42. The normalized spacial score (nSPS) is 12.9. The highest BCUT2D eigenvalue weighted by Crippen LogP contribution is 2.26. The first-order chi connectivity index (χ1) is 10.1. The van der Waals surface area contributed by atoms with Gasteiger partial charge < -0.3 is 10.4 Å². The van der Waals surface area contributed by atoms with Crippen molar-refractivity contribution in [3.63, 3.8) is 0 Å². The van der Waals surface area contributed by atoms with E-state index >= 15 is 0 Å². The van der Waals surface area contributed by atoms with Crippen molar-refractivity contribution in [2.75, 3.05) is 17.7 Å². The lowest BCUT2D eigenvalue weighted by molar-refractivity contribution is 0.276. The lowest BCUT2D eigenvalue weighted by Crippen LogP contribution is -2.17. The van der Waals surface area contributed by atoms with Crippen LogP contribution in [0, 0.1) is 0 Å². The van der Waals surface area contributed by atoms with Gasteiger partial charge in [-0.3, -0.25) is 0 Å². The van der Waals surface area contributed by atoms with Gasteiger partial charge in [0, 0.05) is 0 Å². The summed E-state index contributed by atoms with van der Waals surface area (Å²) in [5, 5.41) is 12.7. The highest BCUT2D eigenvalue weighted by atomic mass is 32.2. The van der Waals surface area contributed by atoms with E-state index in [1.807, 2.05) is 30.3 Å². The standard InChI is InChI=1S/C16H19NO3S/c1-2-21(19,20)16-11-7-6-10-14(16)17-15(12-18)13-8-4-3-5-9-13/h3-11,15,17-18H,2,12H2,1H3. The van der Waals surface area contributed by atoms with Gasteiger partial charge >= 0.3 is 0 Å². The van der Waals surface area contributed by atoms with Crippen LogP contribution in [-0.2, 0) is 9.84 Å². The third kappa shape index (κ3) is 3.62. The average molecular weight is 305 g/mol. The summed E-state index contributed by atoms with van der Waals surface area (Å²) in [5.74, 6) is 0.0425. The third-order valence-electron chi connectivity index (χ3n) is 3.32. The predicted molar refractivity (Wildman–Crippen MR) is 84.1 cm³/mol. The summed E-state index contributed by atoms with van der Waals surface area (Å²) < 4.78 is 24.3. The smallest absolute Gasteiger partial charge is 0.180 e. The summed E-state index contributed by atoms with van der Waals surface area (Å²) in [6.45, 7) is 1.50. The number of rotatable bonds is 6. The molecule has 2 aromatic carbocycles. The van der Waals surface area contributed by atoms with E-state index in [0.717, 1.165) is 5.56 Å². The quantitative estimate of drug-likeness (QED) is 0.861. The minimum Gasteiger partial charge on any atom is -0.394 e. The highest BCUT2D eigenvalue weighted by molar-refractivity contribution is 7.91. The average Bonchev–Trinajstić information content (AvgIpc) is 2.53. The van der Waals surface area contributed by atoms with Crippen LogP contribution in [-0.4, -0.2) is 25.9 Å². The molecule has 0 heterocycles. The molecule has 0 saturated carbocycles. The molecule has 0 bridgehead atoms. The number of aliphatic hydroxyl groups excluding tert-OH is 1. The molecule has 2 N–H and O–H groups in total. The molecular weight excluding hydrogens is 286 g/mol. The van der Waals surface area contributed by atoms with Gasteiger partial charge in [-0.15, -0.1) is 0 Å². The van der Waals surface area contributed by atoms with Gasteiger partial charge in [0.05, 0.1) is 29.0 Å². The molecule has 0 radical (unpaired) electrons. The van der Waals surface area contributed by atoms with Crippen LogP contribution in [0.4, 0.5) is 5.69 Å². The molecule has 0 fully saturated rings.